The van der Waals surface area contributed by atoms with Crippen LogP contribution in [0.5, 0.6) is 0 Å². The maximum Gasteiger partial charge on any atom is 0.329 e. The number of aliphatic imine (C=N–C) groups is 1. The highest BCUT2D eigenvalue weighted by atomic mass is 16.5. The van der Waals surface area contributed by atoms with E-state index in [2.05, 4.69) is 12.2 Å². The fourth-order valence-corrected chi connectivity index (χ4v) is 4.10. The molecule has 19 heavy (non-hydrogen) atoms. The molecule has 1 saturated heterocycles. The van der Waals surface area contributed by atoms with Gasteiger partial charge >= 0.3 is 5.97 Å². The molecule has 5 atom stereocenters. The minimum atomic E-state index is -0.458. The first-order chi connectivity index (χ1) is 9.20. The van der Waals surface area contributed by atoms with Crippen molar-refractivity contribution in [2.24, 2.45) is 22.7 Å². The van der Waals surface area contributed by atoms with Crippen LogP contribution >= 0.6 is 0 Å². The molecule has 0 radical (unpaired) electrons. The lowest BCUT2D eigenvalue weighted by atomic mass is 9.86. The van der Waals surface area contributed by atoms with Crippen LogP contribution in [-0.4, -0.2) is 41.8 Å². The number of methoxy groups -OCH3 is 1. The van der Waals surface area contributed by atoms with E-state index in [0.717, 1.165) is 12.3 Å². The summed E-state index contributed by atoms with van der Waals surface area (Å²) in [6.07, 6.45) is 6.73. The highest BCUT2D eigenvalue weighted by Crippen LogP contribution is 2.49. The molecule has 0 aromatic heterocycles. The highest BCUT2D eigenvalue weighted by molar-refractivity contribution is 6.07. The molecule has 2 aliphatic carbocycles. The SMILES string of the molecule is COC(=O)[C@@H]1CCC2=N[C@H]3[C@H](C(=O)N21)[C@H]1C=C[C@H]3C1. The van der Waals surface area contributed by atoms with E-state index >= 15 is 0 Å². The van der Waals surface area contributed by atoms with E-state index < -0.39 is 6.04 Å². The summed E-state index contributed by atoms with van der Waals surface area (Å²) >= 11 is 0. The lowest BCUT2D eigenvalue weighted by Gasteiger charge is -2.35. The Morgan fingerprint density at radius 3 is 3.00 bits per heavy atom. The number of carbonyl (C=O) groups excluding carboxylic acids is 2. The summed E-state index contributed by atoms with van der Waals surface area (Å²) in [4.78, 5) is 30.9. The minimum absolute atomic E-state index is 0.0518. The minimum Gasteiger partial charge on any atom is -0.467 e. The van der Waals surface area contributed by atoms with Gasteiger partial charge in [0.15, 0.2) is 0 Å². The third kappa shape index (κ3) is 1.33. The molecular weight excluding hydrogens is 244 g/mol. The smallest absolute Gasteiger partial charge is 0.329 e. The Bertz CT molecular complexity index is 525. The predicted molar refractivity (Wildman–Crippen MR) is 67.3 cm³/mol. The van der Waals surface area contributed by atoms with Gasteiger partial charge in [-0.15, -0.1) is 0 Å². The van der Waals surface area contributed by atoms with Gasteiger partial charge in [-0.05, 0) is 18.8 Å². The maximum absolute atomic E-state index is 12.7. The number of hydrogen-bond donors (Lipinski definition) is 0. The fraction of sp³-hybridized carbons (Fsp3) is 0.643. The summed E-state index contributed by atoms with van der Waals surface area (Å²) in [7, 11) is 1.37. The lowest BCUT2D eigenvalue weighted by Crippen LogP contribution is -2.52. The summed E-state index contributed by atoms with van der Waals surface area (Å²) < 4.78 is 4.80. The van der Waals surface area contributed by atoms with Gasteiger partial charge in [-0.1, -0.05) is 12.2 Å². The molecule has 5 heteroatoms. The second-order valence-electron chi connectivity index (χ2n) is 5.80. The molecule has 2 heterocycles. The molecule has 4 aliphatic rings. The van der Waals surface area contributed by atoms with Crippen LogP contribution in [0, 0.1) is 17.8 Å². The molecular formula is C14H16N2O3. The summed E-state index contributed by atoms with van der Waals surface area (Å²) in [5, 5.41) is 0. The van der Waals surface area contributed by atoms with Crippen LogP contribution in [0.15, 0.2) is 17.1 Å². The Labute approximate surface area is 111 Å². The highest BCUT2D eigenvalue weighted by Gasteiger charge is 2.55. The van der Waals surface area contributed by atoms with Crippen molar-refractivity contribution in [2.45, 2.75) is 31.3 Å². The van der Waals surface area contributed by atoms with Crippen LogP contribution < -0.4 is 0 Å². The molecule has 2 fully saturated rings. The van der Waals surface area contributed by atoms with Crippen LogP contribution in [0.2, 0.25) is 0 Å². The Morgan fingerprint density at radius 2 is 2.21 bits per heavy atom. The number of ether oxygens (including phenoxy) is 1. The Kier molecular flexibility index (Phi) is 2.17. The molecule has 2 aliphatic heterocycles. The number of amides is 1. The lowest BCUT2D eigenvalue weighted by molar-refractivity contribution is -0.150. The largest absolute Gasteiger partial charge is 0.467 e. The van der Waals surface area contributed by atoms with Crippen LogP contribution in [0.4, 0.5) is 0 Å². The van der Waals surface area contributed by atoms with Gasteiger partial charge < -0.3 is 4.74 Å². The van der Waals surface area contributed by atoms with E-state index in [1.807, 2.05) is 0 Å². The zero-order valence-electron chi connectivity index (χ0n) is 10.8. The number of esters is 1. The van der Waals surface area contributed by atoms with Crippen molar-refractivity contribution in [3.8, 4) is 0 Å². The van der Waals surface area contributed by atoms with Gasteiger partial charge in [-0.25, -0.2) is 4.79 Å². The second kappa shape index (κ2) is 3.68. The number of rotatable bonds is 1. The van der Waals surface area contributed by atoms with Crippen molar-refractivity contribution < 1.29 is 14.3 Å². The third-order valence-electron chi connectivity index (χ3n) is 4.94. The number of hydrogen-bond acceptors (Lipinski definition) is 4. The normalized spacial score (nSPS) is 42.2. The average Bonchev–Trinajstić information content (AvgIpc) is 3.11. The van der Waals surface area contributed by atoms with E-state index in [9.17, 15) is 9.59 Å². The van der Waals surface area contributed by atoms with Crippen molar-refractivity contribution >= 4 is 17.7 Å². The van der Waals surface area contributed by atoms with E-state index in [4.69, 9.17) is 9.73 Å². The van der Waals surface area contributed by atoms with Gasteiger partial charge in [0, 0.05) is 12.3 Å². The van der Waals surface area contributed by atoms with Crippen molar-refractivity contribution in [2.75, 3.05) is 7.11 Å². The first-order valence-corrected chi connectivity index (χ1v) is 6.86. The number of nitrogens with zero attached hydrogens (tertiary/aromatic N) is 2. The van der Waals surface area contributed by atoms with Crippen LogP contribution in [0.25, 0.3) is 0 Å². The van der Waals surface area contributed by atoms with Crippen LogP contribution in [0.1, 0.15) is 19.3 Å². The average molecular weight is 260 g/mol. The van der Waals surface area contributed by atoms with Gasteiger partial charge in [0.05, 0.1) is 19.1 Å². The molecule has 0 unspecified atom stereocenters. The fourth-order valence-electron chi connectivity index (χ4n) is 4.10. The Morgan fingerprint density at radius 1 is 1.42 bits per heavy atom. The molecule has 5 nitrogen and oxygen atoms in total. The monoisotopic (exact) mass is 260 g/mol. The van der Waals surface area contributed by atoms with Crippen molar-refractivity contribution in [3.63, 3.8) is 0 Å². The summed E-state index contributed by atoms with van der Waals surface area (Å²) in [6.45, 7) is 0. The van der Waals surface area contributed by atoms with Gasteiger partial charge in [-0.2, -0.15) is 0 Å². The van der Waals surface area contributed by atoms with Gasteiger partial charge in [0.25, 0.3) is 0 Å². The number of carbonyl (C=O) groups is 2. The summed E-state index contributed by atoms with van der Waals surface area (Å²) in [6, 6.07) is -0.342. The third-order valence-corrected chi connectivity index (χ3v) is 4.94. The molecule has 4 rings (SSSR count). The topological polar surface area (TPSA) is 59.0 Å². The molecule has 0 N–H and O–H groups in total. The van der Waals surface area contributed by atoms with Crippen molar-refractivity contribution in [3.05, 3.63) is 12.2 Å². The zero-order valence-corrected chi connectivity index (χ0v) is 10.8. The maximum atomic E-state index is 12.7. The standard InChI is InChI=1S/C14H16N2O3/c1-19-14(18)9-4-5-10-15-12-8-3-2-7(6-8)11(12)13(17)16(9)10/h2-3,7-9,11-12H,4-6H2,1H3/t7-,8-,9-,11+,12+/m0/s1. The van der Waals surface area contributed by atoms with E-state index in [1.165, 1.54) is 7.11 Å². The zero-order chi connectivity index (χ0) is 13.1. The van der Waals surface area contributed by atoms with Gasteiger partial charge in [0.1, 0.15) is 11.9 Å². The quantitative estimate of drug-likeness (QED) is 0.516. The van der Waals surface area contributed by atoms with Gasteiger partial charge in [0.2, 0.25) is 5.91 Å². The predicted octanol–water partition coefficient (Wildman–Crippen LogP) is 0.753. The van der Waals surface area contributed by atoms with Gasteiger partial charge in [-0.3, -0.25) is 14.7 Å². The number of fused-ring (bicyclic) bond motifs is 6. The van der Waals surface area contributed by atoms with Crippen molar-refractivity contribution in [1.29, 1.82) is 0 Å². The molecule has 1 saturated carbocycles. The first-order valence-electron chi connectivity index (χ1n) is 6.86. The molecule has 2 bridgehead atoms. The molecule has 1 amide bonds. The summed E-state index contributed by atoms with van der Waals surface area (Å²) in [5.41, 5.74) is 0. The first kappa shape index (κ1) is 11.2. The second-order valence-corrected chi connectivity index (χ2v) is 5.80. The molecule has 0 aromatic rings. The Balaban J connectivity index is 1.72. The number of amidine groups is 1. The molecule has 0 spiro atoms. The van der Waals surface area contributed by atoms with Crippen LogP contribution in [0.3, 0.4) is 0 Å². The number of allylic oxidation sites excluding steroid dienone is 1. The molecule has 0 aromatic carbocycles. The Hall–Kier alpha value is -1.65. The van der Waals surface area contributed by atoms with Crippen LogP contribution in [-0.2, 0) is 14.3 Å². The summed E-state index contributed by atoms with van der Waals surface area (Å²) in [5.74, 6) is 1.24. The van der Waals surface area contributed by atoms with E-state index in [0.29, 0.717) is 24.7 Å². The molecule has 100 valence electrons. The van der Waals surface area contributed by atoms with E-state index in [1.54, 1.807) is 4.90 Å². The van der Waals surface area contributed by atoms with Crippen molar-refractivity contribution in [1.82, 2.24) is 4.90 Å². The van der Waals surface area contributed by atoms with E-state index in [-0.39, 0.29) is 23.8 Å².